The molecule has 15 heteroatoms. The number of nitrogens with one attached hydrogen (secondary N) is 3. The van der Waals surface area contributed by atoms with Crippen LogP contribution in [-0.2, 0) is 27.0 Å². The lowest BCUT2D eigenvalue weighted by atomic mass is 10.1. The van der Waals surface area contributed by atoms with Gasteiger partial charge in [0.25, 0.3) is 0 Å². The smallest absolute Gasteiger partial charge is 0.434 e. The summed E-state index contributed by atoms with van der Waals surface area (Å²) >= 11 is 0. The fourth-order valence-electron chi connectivity index (χ4n) is 3.50. The first-order valence-electron chi connectivity index (χ1n) is 10.6. The molecule has 0 saturated carbocycles. The predicted molar refractivity (Wildman–Crippen MR) is 113 cm³/mol. The number of H-pyrrole nitrogens is 1. The standard InChI is InChI=1S/C20H23F4N7O4/c1-9(2)25-19(32)35-13-8-34-17(16(13)21)11-5-15(29-28-11)27-18-12-4-10(7-33-3)30-31(12)6-14(26-18)20(22,23)24/h4-6,9,13,16-17H,7-8H2,1-3H3,(H,25,32)(H2,26,27,28,29)/t13-,16-,17-/m0/s1. The number of amides is 1. The highest BCUT2D eigenvalue weighted by Gasteiger charge is 2.42. The molecule has 11 nitrogen and oxygen atoms in total. The highest BCUT2D eigenvalue weighted by molar-refractivity contribution is 5.72. The van der Waals surface area contributed by atoms with Crippen molar-refractivity contribution in [2.45, 2.75) is 51.1 Å². The number of alkyl halides is 4. The summed E-state index contributed by atoms with van der Waals surface area (Å²) in [5.41, 5.74) is -0.323. The molecule has 3 atom stereocenters. The number of hydrogen-bond donors (Lipinski definition) is 3. The minimum absolute atomic E-state index is 0.0703. The maximum absolute atomic E-state index is 14.9. The molecular formula is C20H23F4N7O4. The van der Waals surface area contributed by atoms with Crippen LogP contribution in [0, 0.1) is 0 Å². The van der Waals surface area contributed by atoms with Crippen LogP contribution in [0.15, 0.2) is 18.3 Å². The summed E-state index contributed by atoms with van der Waals surface area (Å²) in [5.74, 6) is -0.0932. The van der Waals surface area contributed by atoms with Crippen molar-refractivity contribution in [1.29, 1.82) is 0 Å². The number of aromatic amines is 1. The monoisotopic (exact) mass is 501 g/mol. The second-order valence-electron chi connectivity index (χ2n) is 8.15. The van der Waals surface area contributed by atoms with Gasteiger partial charge in [0.1, 0.15) is 11.6 Å². The van der Waals surface area contributed by atoms with Crippen molar-refractivity contribution in [2.75, 3.05) is 19.0 Å². The Labute approximate surface area is 196 Å². The zero-order valence-electron chi connectivity index (χ0n) is 18.9. The van der Waals surface area contributed by atoms with Gasteiger partial charge in [0, 0.05) is 19.2 Å². The van der Waals surface area contributed by atoms with Crippen molar-refractivity contribution < 1.29 is 36.6 Å². The number of carbonyl (C=O) groups excluding carboxylic acids is 1. The van der Waals surface area contributed by atoms with Crippen molar-refractivity contribution in [2.24, 2.45) is 0 Å². The summed E-state index contributed by atoms with van der Waals surface area (Å²) in [7, 11) is 1.43. The lowest BCUT2D eigenvalue weighted by Gasteiger charge is -2.16. The molecule has 3 aromatic heterocycles. The lowest BCUT2D eigenvalue weighted by molar-refractivity contribution is -0.141. The van der Waals surface area contributed by atoms with Gasteiger partial charge in [-0.25, -0.2) is 18.7 Å². The van der Waals surface area contributed by atoms with Crippen molar-refractivity contribution in [3.05, 3.63) is 35.4 Å². The van der Waals surface area contributed by atoms with E-state index < -0.39 is 36.3 Å². The molecule has 0 aliphatic carbocycles. The molecule has 4 rings (SSSR count). The Morgan fingerprint density at radius 2 is 2.14 bits per heavy atom. The van der Waals surface area contributed by atoms with Gasteiger partial charge in [-0.2, -0.15) is 23.4 Å². The van der Waals surface area contributed by atoms with Crippen molar-refractivity contribution in [1.82, 2.24) is 30.1 Å². The van der Waals surface area contributed by atoms with Gasteiger partial charge in [-0.05, 0) is 19.9 Å². The Bertz CT molecular complexity index is 1200. The minimum atomic E-state index is -4.72. The molecule has 3 N–H and O–H groups in total. The SMILES string of the molecule is COCc1cc2c(Nc3cc([C@@H]4OC[C@H](OC(=O)NC(C)C)[C@@H]4F)[nH]n3)nc(C(F)(F)F)cn2n1. The van der Waals surface area contributed by atoms with Crippen LogP contribution < -0.4 is 10.6 Å². The van der Waals surface area contributed by atoms with E-state index in [0.29, 0.717) is 5.69 Å². The van der Waals surface area contributed by atoms with Crippen LogP contribution in [0.2, 0.25) is 0 Å². The maximum Gasteiger partial charge on any atom is 0.434 e. The van der Waals surface area contributed by atoms with Crippen LogP contribution in [0.5, 0.6) is 0 Å². The number of nitrogens with zero attached hydrogens (tertiary/aromatic N) is 4. The summed E-state index contributed by atoms with van der Waals surface area (Å²) in [5, 5.41) is 15.9. The number of halogens is 4. The van der Waals surface area contributed by atoms with Gasteiger partial charge in [0.15, 0.2) is 29.6 Å². The second kappa shape index (κ2) is 9.65. The normalized spacial score (nSPS) is 20.5. The molecule has 1 aliphatic rings. The Morgan fingerprint density at radius 3 is 2.83 bits per heavy atom. The average Bonchev–Trinajstić information content (AvgIpc) is 3.46. The number of fused-ring (bicyclic) bond motifs is 1. The zero-order chi connectivity index (χ0) is 25.3. The summed E-state index contributed by atoms with van der Waals surface area (Å²) in [4.78, 5) is 15.4. The Hall–Kier alpha value is -3.46. The zero-order valence-corrected chi connectivity index (χ0v) is 18.9. The first kappa shape index (κ1) is 24.7. The lowest BCUT2D eigenvalue weighted by Crippen LogP contribution is -2.36. The Kier molecular flexibility index (Phi) is 6.80. The molecule has 190 valence electrons. The van der Waals surface area contributed by atoms with Crippen LogP contribution in [0.1, 0.15) is 37.0 Å². The number of anilines is 2. The molecule has 1 fully saturated rings. The summed E-state index contributed by atoms with van der Waals surface area (Å²) < 4.78 is 71.5. The van der Waals surface area contributed by atoms with E-state index >= 15 is 0 Å². The number of hydrogen-bond acceptors (Lipinski definition) is 8. The Balaban J connectivity index is 1.54. The number of aromatic nitrogens is 5. The first-order chi connectivity index (χ1) is 16.5. The van der Waals surface area contributed by atoms with Crippen molar-refractivity contribution in [3.8, 4) is 0 Å². The van der Waals surface area contributed by atoms with Gasteiger partial charge in [-0.3, -0.25) is 5.10 Å². The van der Waals surface area contributed by atoms with E-state index in [-0.39, 0.29) is 42.1 Å². The largest absolute Gasteiger partial charge is 0.441 e. The highest BCUT2D eigenvalue weighted by Crippen LogP contribution is 2.34. The molecule has 1 aliphatic heterocycles. The van der Waals surface area contributed by atoms with E-state index in [1.165, 1.54) is 19.2 Å². The van der Waals surface area contributed by atoms with Gasteiger partial charge in [0.2, 0.25) is 0 Å². The third kappa shape index (κ3) is 5.45. The van der Waals surface area contributed by atoms with Crippen LogP contribution in [0.3, 0.4) is 0 Å². The van der Waals surface area contributed by atoms with Crippen molar-refractivity contribution >= 4 is 23.2 Å². The molecule has 1 amide bonds. The number of methoxy groups -OCH3 is 1. The topological polar surface area (TPSA) is 128 Å². The molecule has 0 bridgehead atoms. The summed E-state index contributed by atoms with van der Waals surface area (Å²) in [6.07, 6.45) is -8.65. The van der Waals surface area contributed by atoms with Gasteiger partial charge in [0.05, 0.1) is 30.8 Å². The van der Waals surface area contributed by atoms with Crippen LogP contribution in [0.4, 0.5) is 34.0 Å². The highest BCUT2D eigenvalue weighted by atomic mass is 19.4. The summed E-state index contributed by atoms with van der Waals surface area (Å²) in [6.45, 7) is 3.38. The molecule has 0 unspecified atom stereocenters. The maximum atomic E-state index is 14.9. The van der Waals surface area contributed by atoms with E-state index in [0.717, 1.165) is 10.7 Å². The Morgan fingerprint density at radius 1 is 1.37 bits per heavy atom. The van der Waals surface area contributed by atoms with Crippen LogP contribution in [0.25, 0.3) is 5.52 Å². The quantitative estimate of drug-likeness (QED) is 0.421. The van der Waals surface area contributed by atoms with Crippen LogP contribution >= 0.6 is 0 Å². The third-order valence-electron chi connectivity index (χ3n) is 4.99. The molecule has 35 heavy (non-hydrogen) atoms. The molecule has 1 saturated heterocycles. The van der Waals surface area contributed by atoms with E-state index in [1.807, 2.05) is 0 Å². The second-order valence-corrected chi connectivity index (χ2v) is 8.15. The van der Waals surface area contributed by atoms with Gasteiger partial charge >= 0.3 is 12.3 Å². The van der Waals surface area contributed by atoms with E-state index in [9.17, 15) is 22.4 Å². The fraction of sp³-hybridized carbons (Fsp3) is 0.500. The number of alkyl carbamates (subject to hydrolysis) is 1. The first-order valence-corrected chi connectivity index (χ1v) is 10.6. The fourth-order valence-corrected chi connectivity index (χ4v) is 3.50. The predicted octanol–water partition coefficient (Wildman–Crippen LogP) is 3.27. The van der Waals surface area contributed by atoms with Gasteiger partial charge in [-0.1, -0.05) is 0 Å². The van der Waals surface area contributed by atoms with E-state index in [2.05, 4.69) is 30.9 Å². The van der Waals surface area contributed by atoms with E-state index in [4.69, 9.17) is 14.2 Å². The average molecular weight is 501 g/mol. The molecular weight excluding hydrogens is 478 g/mol. The number of carbonyl (C=O) groups is 1. The molecule has 0 spiro atoms. The summed E-state index contributed by atoms with van der Waals surface area (Å²) in [6, 6.07) is 2.71. The van der Waals surface area contributed by atoms with E-state index in [1.54, 1.807) is 13.8 Å². The van der Waals surface area contributed by atoms with Crippen molar-refractivity contribution in [3.63, 3.8) is 0 Å². The molecule has 0 aromatic carbocycles. The van der Waals surface area contributed by atoms with Gasteiger partial charge < -0.3 is 24.8 Å². The molecule has 4 heterocycles. The van der Waals surface area contributed by atoms with Crippen LogP contribution in [-0.4, -0.2) is 62.9 Å². The molecule has 0 radical (unpaired) electrons. The minimum Gasteiger partial charge on any atom is -0.441 e. The molecule has 3 aromatic rings. The third-order valence-corrected chi connectivity index (χ3v) is 4.99. The number of ether oxygens (including phenoxy) is 3. The number of rotatable bonds is 7. The van der Waals surface area contributed by atoms with Gasteiger partial charge in [-0.15, -0.1) is 0 Å².